The number of nitrogens with one attached hydrogen (secondary N) is 1. The van der Waals surface area contributed by atoms with E-state index in [1.807, 2.05) is 31.2 Å². The highest BCUT2D eigenvalue weighted by Gasteiger charge is 2.21. The molecule has 0 atom stereocenters. The molecule has 1 aromatic carbocycles. The molecule has 7 nitrogen and oxygen atoms in total. The van der Waals surface area contributed by atoms with Crippen LogP contribution < -0.4 is 5.32 Å². The largest absolute Gasteiger partial charge is 0.354 e. The summed E-state index contributed by atoms with van der Waals surface area (Å²) in [6.45, 7) is 3.40. The molecule has 1 N–H and O–H groups in total. The van der Waals surface area contributed by atoms with Gasteiger partial charge in [0, 0.05) is 33.1 Å². The number of aromatic nitrogens is 2. The summed E-state index contributed by atoms with van der Waals surface area (Å²) in [5, 5.41) is 4.63. The summed E-state index contributed by atoms with van der Waals surface area (Å²) in [5.74, 6) is 0.833. The number of hydrogen-bond acceptors (Lipinski definition) is 5. The van der Waals surface area contributed by atoms with Crippen LogP contribution >= 0.6 is 11.3 Å². The molecule has 28 heavy (non-hydrogen) atoms. The van der Waals surface area contributed by atoms with Gasteiger partial charge < -0.3 is 9.88 Å². The highest BCUT2D eigenvalue weighted by molar-refractivity contribution is 7.91. The van der Waals surface area contributed by atoms with Crippen molar-refractivity contribution in [2.24, 2.45) is 0 Å². The number of amides is 1. The third-order valence-corrected chi connectivity index (χ3v) is 7.77. The van der Waals surface area contributed by atoms with Crippen molar-refractivity contribution in [3.63, 3.8) is 0 Å². The van der Waals surface area contributed by atoms with Crippen LogP contribution in [0.25, 0.3) is 11.0 Å². The van der Waals surface area contributed by atoms with Crippen LogP contribution in [-0.2, 0) is 21.4 Å². The van der Waals surface area contributed by atoms with Gasteiger partial charge in [-0.3, -0.25) is 4.79 Å². The second-order valence-corrected chi connectivity index (χ2v) is 9.73. The molecule has 0 radical (unpaired) electrons. The van der Waals surface area contributed by atoms with E-state index >= 15 is 0 Å². The number of rotatable bonds is 9. The Kier molecular flexibility index (Phi) is 6.48. The number of nitrogens with zero attached hydrogens (tertiary/aromatic N) is 3. The molecule has 0 unspecified atom stereocenters. The lowest BCUT2D eigenvalue weighted by molar-refractivity contribution is -0.121. The summed E-state index contributed by atoms with van der Waals surface area (Å²) in [5.41, 5.74) is 2.00. The van der Waals surface area contributed by atoms with Gasteiger partial charge in [-0.25, -0.2) is 17.7 Å². The lowest BCUT2D eigenvalue weighted by Crippen LogP contribution is -2.30. The predicted octanol–water partition coefficient (Wildman–Crippen LogP) is 2.62. The Morgan fingerprint density at radius 2 is 2.04 bits per heavy atom. The van der Waals surface area contributed by atoms with E-state index in [4.69, 9.17) is 0 Å². The van der Waals surface area contributed by atoms with Crippen LogP contribution in [0, 0.1) is 6.92 Å². The summed E-state index contributed by atoms with van der Waals surface area (Å²) in [6, 6.07) is 11.2. The average molecular weight is 421 g/mol. The average Bonchev–Trinajstić information content (AvgIpc) is 3.30. The molecule has 3 aromatic rings. The van der Waals surface area contributed by atoms with Crippen LogP contribution in [0.2, 0.25) is 0 Å². The number of carbonyl (C=O) groups is 1. The fourth-order valence-corrected chi connectivity index (χ4v) is 5.43. The molecule has 0 fully saturated rings. The summed E-state index contributed by atoms with van der Waals surface area (Å²) < 4.78 is 28.4. The van der Waals surface area contributed by atoms with Crippen molar-refractivity contribution in [3.05, 3.63) is 47.6 Å². The molecule has 0 aliphatic heterocycles. The van der Waals surface area contributed by atoms with Crippen LogP contribution in [0.1, 0.15) is 18.7 Å². The minimum atomic E-state index is -3.46. The first kappa shape index (κ1) is 20.5. The molecule has 2 aromatic heterocycles. The Labute approximate surface area is 169 Å². The highest BCUT2D eigenvalue weighted by atomic mass is 32.2. The van der Waals surface area contributed by atoms with Gasteiger partial charge in [0.2, 0.25) is 5.91 Å². The standard InChI is InChI=1S/C19H24N4O3S2/c1-15-21-16-7-3-4-8-17(16)23(15)13-11-20-18(24)9-5-12-22(2)28(25,26)19-10-6-14-27-19/h3-4,6-8,10,14H,5,9,11-13H2,1-2H3,(H,20,24). The number of thiophene rings is 1. The van der Waals surface area contributed by atoms with Gasteiger partial charge in [-0.2, -0.15) is 0 Å². The van der Waals surface area contributed by atoms with E-state index in [2.05, 4.69) is 14.9 Å². The van der Waals surface area contributed by atoms with Crippen LogP contribution in [0.4, 0.5) is 0 Å². The van der Waals surface area contributed by atoms with Crippen molar-refractivity contribution in [1.29, 1.82) is 0 Å². The van der Waals surface area contributed by atoms with Gasteiger partial charge in [0.15, 0.2) is 0 Å². The summed E-state index contributed by atoms with van der Waals surface area (Å²) in [7, 11) is -1.91. The second-order valence-electron chi connectivity index (χ2n) is 6.51. The molecular formula is C19H24N4O3S2. The van der Waals surface area contributed by atoms with E-state index in [1.165, 1.54) is 15.6 Å². The van der Waals surface area contributed by atoms with Crippen molar-refractivity contribution in [1.82, 2.24) is 19.2 Å². The van der Waals surface area contributed by atoms with E-state index in [9.17, 15) is 13.2 Å². The van der Waals surface area contributed by atoms with Gasteiger partial charge >= 0.3 is 0 Å². The molecule has 0 bridgehead atoms. The van der Waals surface area contributed by atoms with Crippen LogP contribution in [-0.4, -0.2) is 48.3 Å². The second kappa shape index (κ2) is 8.85. The third kappa shape index (κ3) is 4.60. The summed E-state index contributed by atoms with van der Waals surface area (Å²) in [4.78, 5) is 16.6. The van der Waals surface area contributed by atoms with Gasteiger partial charge in [-0.15, -0.1) is 11.3 Å². The normalized spacial score (nSPS) is 12.0. The molecule has 2 heterocycles. The van der Waals surface area contributed by atoms with E-state index in [1.54, 1.807) is 24.6 Å². The van der Waals surface area contributed by atoms with Crippen molar-refractivity contribution < 1.29 is 13.2 Å². The maximum Gasteiger partial charge on any atom is 0.252 e. The molecule has 0 saturated heterocycles. The third-order valence-electron chi connectivity index (χ3n) is 4.54. The van der Waals surface area contributed by atoms with Crippen molar-refractivity contribution in [3.8, 4) is 0 Å². The van der Waals surface area contributed by atoms with Crippen LogP contribution in [0.15, 0.2) is 46.0 Å². The monoisotopic (exact) mass is 420 g/mol. The molecule has 3 rings (SSSR count). The van der Waals surface area contributed by atoms with E-state index in [0.717, 1.165) is 16.9 Å². The fourth-order valence-electron chi connectivity index (χ4n) is 3.02. The van der Waals surface area contributed by atoms with E-state index < -0.39 is 10.0 Å². The van der Waals surface area contributed by atoms with E-state index in [-0.39, 0.29) is 12.3 Å². The Balaban J connectivity index is 1.43. The maximum absolute atomic E-state index is 12.3. The number of hydrogen-bond donors (Lipinski definition) is 1. The molecule has 150 valence electrons. The number of imidazole rings is 1. The topological polar surface area (TPSA) is 84.3 Å². The molecule has 0 saturated carbocycles. The molecule has 9 heteroatoms. The predicted molar refractivity (Wildman–Crippen MR) is 111 cm³/mol. The fraction of sp³-hybridized carbons (Fsp3) is 0.368. The Bertz CT molecular complexity index is 1040. The van der Waals surface area contributed by atoms with Gasteiger partial charge in [0.05, 0.1) is 11.0 Å². The Morgan fingerprint density at radius 3 is 2.79 bits per heavy atom. The highest BCUT2D eigenvalue weighted by Crippen LogP contribution is 2.20. The molecule has 0 aliphatic rings. The minimum Gasteiger partial charge on any atom is -0.354 e. The number of aryl methyl sites for hydroxylation is 1. The first-order valence-electron chi connectivity index (χ1n) is 9.08. The molecular weight excluding hydrogens is 396 g/mol. The smallest absolute Gasteiger partial charge is 0.252 e. The van der Waals surface area contributed by atoms with E-state index in [0.29, 0.717) is 30.3 Å². The number of carbonyl (C=O) groups excluding carboxylic acids is 1. The first-order chi connectivity index (χ1) is 13.4. The maximum atomic E-state index is 12.3. The molecule has 1 amide bonds. The lowest BCUT2D eigenvalue weighted by Gasteiger charge is -2.15. The lowest BCUT2D eigenvalue weighted by atomic mass is 10.3. The van der Waals surface area contributed by atoms with Crippen molar-refractivity contribution in [2.45, 2.75) is 30.5 Å². The van der Waals surface area contributed by atoms with Gasteiger partial charge in [0.25, 0.3) is 10.0 Å². The zero-order valence-corrected chi connectivity index (χ0v) is 17.6. The first-order valence-corrected chi connectivity index (χ1v) is 11.4. The number of fused-ring (bicyclic) bond motifs is 1. The Hall–Kier alpha value is -2.23. The van der Waals surface area contributed by atoms with Crippen molar-refractivity contribution in [2.75, 3.05) is 20.1 Å². The quantitative estimate of drug-likeness (QED) is 0.577. The SMILES string of the molecule is Cc1nc2ccccc2n1CCNC(=O)CCCN(C)S(=O)(=O)c1cccs1. The number of sulfonamides is 1. The van der Waals surface area contributed by atoms with Crippen molar-refractivity contribution >= 4 is 38.3 Å². The van der Waals surface area contributed by atoms with Crippen LogP contribution in [0.5, 0.6) is 0 Å². The number of benzene rings is 1. The summed E-state index contributed by atoms with van der Waals surface area (Å²) >= 11 is 1.19. The molecule has 0 aliphatic carbocycles. The molecule has 0 spiro atoms. The van der Waals surface area contributed by atoms with Gasteiger partial charge in [-0.05, 0) is 36.9 Å². The van der Waals surface area contributed by atoms with Gasteiger partial charge in [0.1, 0.15) is 10.0 Å². The zero-order chi connectivity index (χ0) is 20.1. The van der Waals surface area contributed by atoms with Crippen LogP contribution in [0.3, 0.4) is 0 Å². The summed E-state index contributed by atoms with van der Waals surface area (Å²) in [6.07, 6.45) is 0.758. The Morgan fingerprint density at radius 1 is 1.25 bits per heavy atom. The van der Waals surface area contributed by atoms with Gasteiger partial charge in [-0.1, -0.05) is 18.2 Å². The zero-order valence-electron chi connectivity index (χ0n) is 16.0. The number of para-hydroxylation sites is 2. The minimum absolute atomic E-state index is 0.0796.